The lowest BCUT2D eigenvalue weighted by molar-refractivity contribution is 0.493. The second-order valence-corrected chi connectivity index (χ2v) is 4.56. The van der Waals surface area contributed by atoms with Gasteiger partial charge in [0.05, 0.1) is 17.2 Å². The van der Waals surface area contributed by atoms with Crippen molar-refractivity contribution in [3.63, 3.8) is 0 Å². The van der Waals surface area contributed by atoms with Crippen molar-refractivity contribution in [1.82, 2.24) is 9.97 Å². The van der Waals surface area contributed by atoms with Gasteiger partial charge in [0.15, 0.2) is 0 Å². The molecule has 3 nitrogen and oxygen atoms in total. The smallest absolute Gasteiger partial charge is 0.145 e. The molecule has 0 saturated carbocycles. The molecule has 0 bridgehead atoms. The van der Waals surface area contributed by atoms with Crippen LogP contribution in [0, 0.1) is 5.92 Å². The number of para-hydroxylation sites is 2. The molecule has 90 valence electrons. The number of rotatable bonds is 4. The highest BCUT2D eigenvalue weighted by Gasteiger charge is 2.10. The fourth-order valence-electron chi connectivity index (χ4n) is 1.76. The van der Waals surface area contributed by atoms with Gasteiger partial charge in [-0.15, -0.1) is 0 Å². The third-order valence-corrected chi connectivity index (χ3v) is 3.32. The highest BCUT2D eigenvalue weighted by atomic mass is 15.0. The van der Waals surface area contributed by atoms with Gasteiger partial charge in [0.2, 0.25) is 0 Å². The van der Waals surface area contributed by atoms with Crippen LogP contribution in [0.2, 0.25) is 0 Å². The van der Waals surface area contributed by atoms with Crippen LogP contribution in [0.25, 0.3) is 11.0 Å². The molecule has 1 heterocycles. The summed E-state index contributed by atoms with van der Waals surface area (Å²) >= 11 is 0. The molecule has 0 aliphatic heterocycles. The normalized spacial score (nSPS) is 14.5. The fraction of sp³-hybridized carbons (Fsp3) is 0.429. The Kier molecular flexibility index (Phi) is 3.57. The fourth-order valence-corrected chi connectivity index (χ4v) is 1.76. The van der Waals surface area contributed by atoms with E-state index in [4.69, 9.17) is 0 Å². The van der Waals surface area contributed by atoms with Crippen molar-refractivity contribution in [3.05, 3.63) is 30.5 Å². The average molecular weight is 229 g/mol. The summed E-state index contributed by atoms with van der Waals surface area (Å²) in [6.07, 6.45) is 2.97. The predicted molar refractivity (Wildman–Crippen MR) is 72.1 cm³/mol. The van der Waals surface area contributed by atoms with Crippen molar-refractivity contribution in [2.24, 2.45) is 5.92 Å². The zero-order valence-electron chi connectivity index (χ0n) is 10.6. The number of hydrogen-bond donors (Lipinski definition) is 1. The molecule has 0 fully saturated rings. The van der Waals surface area contributed by atoms with Crippen molar-refractivity contribution < 1.29 is 0 Å². The number of hydrogen-bond acceptors (Lipinski definition) is 3. The summed E-state index contributed by atoms with van der Waals surface area (Å²) < 4.78 is 0. The molecule has 2 atom stereocenters. The first-order valence-electron chi connectivity index (χ1n) is 6.19. The predicted octanol–water partition coefficient (Wildman–Crippen LogP) is 3.48. The van der Waals surface area contributed by atoms with E-state index >= 15 is 0 Å². The molecular formula is C14H19N3. The van der Waals surface area contributed by atoms with Gasteiger partial charge in [-0.3, -0.25) is 4.98 Å². The highest BCUT2D eigenvalue weighted by Crippen LogP contribution is 2.15. The van der Waals surface area contributed by atoms with Crippen LogP contribution < -0.4 is 5.32 Å². The summed E-state index contributed by atoms with van der Waals surface area (Å²) in [4.78, 5) is 8.95. The molecule has 2 aromatic rings. The lowest BCUT2D eigenvalue weighted by Gasteiger charge is -2.20. The van der Waals surface area contributed by atoms with Gasteiger partial charge in [-0.2, -0.15) is 0 Å². The van der Waals surface area contributed by atoms with Gasteiger partial charge in [0.1, 0.15) is 5.82 Å². The van der Waals surface area contributed by atoms with Crippen molar-refractivity contribution in [1.29, 1.82) is 0 Å². The van der Waals surface area contributed by atoms with Gasteiger partial charge in [-0.25, -0.2) is 4.98 Å². The Morgan fingerprint density at radius 3 is 2.59 bits per heavy atom. The summed E-state index contributed by atoms with van der Waals surface area (Å²) in [7, 11) is 0. The van der Waals surface area contributed by atoms with Gasteiger partial charge in [-0.05, 0) is 25.0 Å². The van der Waals surface area contributed by atoms with Gasteiger partial charge >= 0.3 is 0 Å². The van der Waals surface area contributed by atoms with E-state index in [1.165, 1.54) is 0 Å². The third kappa shape index (κ3) is 2.73. The molecule has 0 radical (unpaired) electrons. The van der Waals surface area contributed by atoms with Crippen molar-refractivity contribution in [2.75, 3.05) is 5.32 Å². The Balaban J connectivity index is 2.19. The minimum absolute atomic E-state index is 0.412. The first-order valence-corrected chi connectivity index (χ1v) is 6.19. The van der Waals surface area contributed by atoms with Crippen LogP contribution in [0.15, 0.2) is 30.5 Å². The van der Waals surface area contributed by atoms with Crippen LogP contribution in [0.1, 0.15) is 27.2 Å². The van der Waals surface area contributed by atoms with Crippen LogP contribution in [-0.4, -0.2) is 16.0 Å². The van der Waals surface area contributed by atoms with E-state index in [0.717, 1.165) is 23.3 Å². The van der Waals surface area contributed by atoms with E-state index in [0.29, 0.717) is 12.0 Å². The number of benzene rings is 1. The number of aromatic nitrogens is 2. The van der Waals surface area contributed by atoms with E-state index in [1.807, 2.05) is 24.3 Å². The molecule has 0 unspecified atom stereocenters. The maximum Gasteiger partial charge on any atom is 0.145 e. The molecule has 0 amide bonds. The highest BCUT2D eigenvalue weighted by molar-refractivity contribution is 5.75. The molecule has 0 saturated heterocycles. The van der Waals surface area contributed by atoms with Crippen molar-refractivity contribution in [3.8, 4) is 0 Å². The van der Waals surface area contributed by atoms with Crippen molar-refractivity contribution in [2.45, 2.75) is 33.2 Å². The van der Waals surface area contributed by atoms with Crippen LogP contribution in [0.5, 0.6) is 0 Å². The molecule has 1 aromatic heterocycles. The molecule has 2 rings (SSSR count). The third-order valence-electron chi connectivity index (χ3n) is 3.32. The number of nitrogens with one attached hydrogen (secondary N) is 1. The maximum absolute atomic E-state index is 4.56. The molecule has 0 aliphatic rings. The largest absolute Gasteiger partial charge is 0.366 e. The van der Waals surface area contributed by atoms with E-state index in [-0.39, 0.29) is 0 Å². The molecule has 3 heteroatoms. The first kappa shape index (κ1) is 11.8. The molecule has 0 spiro atoms. The minimum atomic E-state index is 0.412. The Bertz CT molecular complexity index is 496. The topological polar surface area (TPSA) is 37.8 Å². The molecule has 1 aromatic carbocycles. The monoisotopic (exact) mass is 229 g/mol. The van der Waals surface area contributed by atoms with Gasteiger partial charge in [0.25, 0.3) is 0 Å². The summed E-state index contributed by atoms with van der Waals surface area (Å²) in [5.74, 6) is 1.49. The number of anilines is 1. The van der Waals surface area contributed by atoms with E-state index in [9.17, 15) is 0 Å². The van der Waals surface area contributed by atoms with Gasteiger partial charge in [0, 0.05) is 6.04 Å². The van der Waals surface area contributed by atoms with Crippen LogP contribution in [0.4, 0.5) is 5.82 Å². The number of nitrogens with zero attached hydrogens (tertiary/aromatic N) is 2. The SMILES string of the molecule is CC[C@H](C)[C@H](C)Nc1cnc2ccccc2n1. The number of fused-ring (bicyclic) bond motifs is 1. The standard InChI is InChI=1S/C14H19N3/c1-4-10(2)11(3)16-14-9-15-12-7-5-6-8-13(12)17-14/h5-11H,4H2,1-3H3,(H,16,17)/t10-,11-/m0/s1. The zero-order chi connectivity index (χ0) is 12.3. The van der Waals surface area contributed by atoms with E-state index in [1.54, 1.807) is 6.20 Å². The minimum Gasteiger partial charge on any atom is -0.366 e. The summed E-state index contributed by atoms with van der Waals surface area (Å²) in [6, 6.07) is 8.34. The molecule has 0 aliphatic carbocycles. The molecular weight excluding hydrogens is 210 g/mol. The summed E-state index contributed by atoms with van der Waals surface area (Å²) in [5, 5.41) is 3.41. The Labute approximate surface area is 102 Å². The second kappa shape index (κ2) is 5.13. The maximum atomic E-state index is 4.56. The molecule has 17 heavy (non-hydrogen) atoms. The van der Waals surface area contributed by atoms with Gasteiger partial charge < -0.3 is 5.32 Å². The summed E-state index contributed by atoms with van der Waals surface area (Å²) in [5.41, 5.74) is 1.88. The first-order chi connectivity index (χ1) is 8.20. The van der Waals surface area contributed by atoms with Crippen LogP contribution in [-0.2, 0) is 0 Å². The lowest BCUT2D eigenvalue weighted by atomic mass is 10.0. The Hall–Kier alpha value is -1.64. The van der Waals surface area contributed by atoms with E-state index < -0.39 is 0 Å². The lowest BCUT2D eigenvalue weighted by Crippen LogP contribution is -2.23. The average Bonchev–Trinajstić information content (AvgIpc) is 2.37. The quantitative estimate of drug-likeness (QED) is 0.872. The van der Waals surface area contributed by atoms with Crippen LogP contribution >= 0.6 is 0 Å². The second-order valence-electron chi connectivity index (χ2n) is 4.56. The Morgan fingerprint density at radius 2 is 1.88 bits per heavy atom. The Morgan fingerprint density at radius 1 is 1.18 bits per heavy atom. The zero-order valence-corrected chi connectivity index (χ0v) is 10.6. The van der Waals surface area contributed by atoms with E-state index in [2.05, 4.69) is 36.1 Å². The molecule has 1 N–H and O–H groups in total. The summed E-state index contributed by atoms with van der Waals surface area (Å²) in [6.45, 7) is 6.63. The van der Waals surface area contributed by atoms with Crippen LogP contribution in [0.3, 0.4) is 0 Å². The van der Waals surface area contributed by atoms with Gasteiger partial charge in [-0.1, -0.05) is 32.4 Å². The van der Waals surface area contributed by atoms with Crippen molar-refractivity contribution >= 4 is 16.9 Å².